The van der Waals surface area contributed by atoms with E-state index in [2.05, 4.69) is 29.2 Å². The molecule has 0 spiro atoms. The van der Waals surface area contributed by atoms with Gasteiger partial charge in [-0.05, 0) is 56.9 Å². The number of hydrogen-bond acceptors (Lipinski definition) is 7. The molecule has 3 aromatic rings. The highest BCUT2D eigenvalue weighted by Crippen LogP contribution is 2.21. The van der Waals surface area contributed by atoms with E-state index in [1.165, 1.54) is 0 Å². The molecule has 0 N–H and O–H groups in total. The molecule has 0 aliphatic heterocycles. The summed E-state index contributed by atoms with van der Waals surface area (Å²) in [6.45, 7) is 2.84. The molecule has 0 amide bonds. The summed E-state index contributed by atoms with van der Waals surface area (Å²) in [6.07, 6.45) is 0.984. The molecule has 7 nitrogen and oxygen atoms in total. The van der Waals surface area contributed by atoms with E-state index in [1.807, 2.05) is 54.6 Å². The first kappa shape index (κ1) is 20.8. The van der Waals surface area contributed by atoms with Crippen LogP contribution in [-0.4, -0.2) is 55.6 Å². The highest BCUT2D eigenvalue weighted by atomic mass is 16.5. The smallest absolute Gasteiger partial charge is 0.247 e. The summed E-state index contributed by atoms with van der Waals surface area (Å²) in [6, 6.07) is 17.3. The Morgan fingerprint density at radius 1 is 0.828 bits per heavy atom. The van der Waals surface area contributed by atoms with E-state index >= 15 is 0 Å². The molecule has 0 atom stereocenters. The summed E-state index contributed by atoms with van der Waals surface area (Å²) in [5.41, 5.74) is 0.844. The molecule has 0 fully saturated rings. The predicted molar refractivity (Wildman–Crippen MR) is 110 cm³/mol. The molecular formula is C22H27N3O4. The quantitative estimate of drug-likeness (QED) is 0.432. The van der Waals surface area contributed by atoms with Crippen LogP contribution < -0.4 is 9.47 Å². The van der Waals surface area contributed by atoms with E-state index in [9.17, 15) is 0 Å². The van der Waals surface area contributed by atoms with Crippen molar-refractivity contribution in [3.8, 4) is 23.0 Å². The van der Waals surface area contributed by atoms with E-state index in [-0.39, 0.29) is 6.61 Å². The largest absolute Gasteiger partial charge is 0.494 e. The van der Waals surface area contributed by atoms with Gasteiger partial charge >= 0.3 is 0 Å². The number of ether oxygens (including phenoxy) is 3. The molecule has 1 heterocycles. The Labute approximate surface area is 171 Å². The minimum absolute atomic E-state index is 0.248. The molecule has 29 heavy (non-hydrogen) atoms. The van der Waals surface area contributed by atoms with Crippen molar-refractivity contribution in [1.29, 1.82) is 0 Å². The second-order valence-corrected chi connectivity index (χ2v) is 6.74. The van der Waals surface area contributed by atoms with Crippen molar-refractivity contribution < 1.29 is 18.6 Å². The van der Waals surface area contributed by atoms with E-state index < -0.39 is 0 Å². The van der Waals surface area contributed by atoms with Gasteiger partial charge < -0.3 is 23.5 Å². The van der Waals surface area contributed by atoms with Crippen LogP contribution in [0, 0.1) is 0 Å². The standard InChI is InChI=1S/C22H27N3O4/c1-25(2)13-6-14-27-20-11-9-18(10-12-20)22-24-23-21(29-22)17-26-15-16-28-19-7-4-3-5-8-19/h3-5,7-12H,6,13-17H2,1-2H3. The topological polar surface area (TPSA) is 69.9 Å². The molecule has 0 bridgehead atoms. The average molecular weight is 397 g/mol. The van der Waals surface area contributed by atoms with Crippen LogP contribution in [-0.2, 0) is 11.3 Å². The van der Waals surface area contributed by atoms with Gasteiger partial charge in [-0.3, -0.25) is 0 Å². The van der Waals surface area contributed by atoms with Gasteiger partial charge in [-0.25, -0.2) is 0 Å². The average Bonchev–Trinajstić information content (AvgIpc) is 3.21. The fourth-order valence-corrected chi connectivity index (χ4v) is 2.59. The van der Waals surface area contributed by atoms with Gasteiger partial charge in [0.25, 0.3) is 0 Å². The van der Waals surface area contributed by atoms with E-state index in [4.69, 9.17) is 18.6 Å². The van der Waals surface area contributed by atoms with Crippen LogP contribution in [0.1, 0.15) is 12.3 Å². The normalized spacial score (nSPS) is 11.0. The van der Waals surface area contributed by atoms with Gasteiger partial charge in [0, 0.05) is 12.1 Å². The summed E-state index contributed by atoms with van der Waals surface area (Å²) in [7, 11) is 4.11. The van der Waals surface area contributed by atoms with E-state index in [0.717, 1.165) is 30.0 Å². The highest BCUT2D eigenvalue weighted by Gasteiger charge is 2.09. The van der Waals surface area contributed by atoms with Crippen LogP contribution in [0.3, 0.4) is 0 Å². The minimum Gasteiger partial charge on any atom is -0.494 e. The summed E-state index contributed by atoms with van der Waals surface area (Å²) in [5.74, 6) is 2.54. The zero-order valence-electron chi connectivity index (χ0n) is 16.9. The molecule has 0 radical (unpaired) electrons. The van der Waals surface area contributed by atoms with Crippen molar-refractivity contribution in [2.24, 2.45) is 0 Å². The third kappa shape index (κ3) is 7.21. The first-order valence-corrected chi connectivity index (χ1v) is 9.66. The van der Waals surface area contributed by atoms with Crippen molar-refractivity contribution in [2.45, 2.75) is 13.0 Å². The fourth-order valence-electron chi connectivity index (χ4n) is 2.59. The Kier molecular flexibility index (Phi) is 8.03. The van der Waals surface area contributed by atoms with Crippen LogP contribution in [0.15, 0.2) is 59.0 Å². The Hall–Kier alpha value is -2.90. The SMILES string of the molecule is CN(C)CCCOc1ccc(-c2nnc(COCCOc3ccccc3)o2)cc1. The van der Waals surface area contributed by atoms with Crippen LogP contribution in [0.2, 0.25) is 0 Å². The summed E-state index contributed by atoms with van der Waals surface area (Å²) in [5, 5.41) is 8.11. The van der Waals surface area contributed by atoms with Crippen molar-refractivity contribution in [2.75, 3.05) is 40.5 Å². The van der Waals surface area contributed by atoms with Gasteiger partial charge in [0.05, 0.1) is 13.2 Å². The van der Waals surface area contributed by atoms with Gasteiger partial charge in [0.15, 0.2) is 0 Å². The second-order valence-electron chi connectivity index (χ2n) is 6.74. The maximum atomic E-state index is 5.74. The van der Waals surface area contributed by atoms with Crippen molar-refractivity contribution in [3.63, 3.8) is 0 Å². The number of rotatable bonds is 12. The number of nitrogens with zero attached hydrogens (tertiary/aromatic N) is 3. The Bertz CT molecular complexity index is 835. The molecule has 7 heteroatoms. The lowest BCUT2D eigenvalue weighted by Gasteiger charge is -2.10. The van der Waals surface area contributed by atoms with Crippen molar-refractivity contribution in [1.82, 2.24) is 15.1 Å². The van der Waals surface area contributed by atoms with Gasteiger partial charge in [-0.15, -0.1) is 10.2 Å². The molecule has 0 aliphatic carbocycles. The number of benzene rings is 2. The summed E-state index contributed by atoms with van der Waals surface area (Å²) in [4.78, 5) is 2.14. The highest BCUT2D eigenvalue weighted by molar-refractivity contribution is 5.53. The molecule has 154 valence electrons. The van der Waals surface area contributed by atoms with Gasteiger partial charge in [-0.2, -0.15) is 0 Å². The molecule has 1 aromatic heterocycles. The van der Waals surface area contributed by atoms with E-state index in [1.54, 1.807) is 0 Å². The molecule has 0 unspecified atom stereocenters. The van der Waals surface area contributed by atoms with E-state index in [0.29, 0.717) is 31.6 Å². The first-order valence-electron chi connectivity index (χ1n) is 9.66. The Morgan fingerprint density at radius 2 is 1.55 bits per heavy atom. The molecule has 2 aromatic carbocycles. The van der Waals surface area contributed by atoms with Crippen molar-refractivity contribution >= 4 is 0 Å². The van der Waals surface area contributed by atoms with Crippen LogP contribution in [0.5, 0.6) is 11.5 Å². The number of para-hydroxylation sites is 1. The van der Waals surface area contributed by atoms with Crippen molar-refractivity contribution in [3.05, 3.63) is 60.5 Å². The van der Waals surface area contributed by atoms with Gasteiger partial charge in [-0.1, -0.05) is 18.2 Å². The third-order valence-corrected chi connectivity index (χ3v) is 4.05. The lowest BCUT2D eigenvalue weighted by atomic mass is 10.2. The maximum absolute atomic E-state index is 5.74. The van der Waals surface area contributed by atoms with Crippen LogP contribution >= 0.6 is 0 Å². The molecular weight excluding hydrogens is 370 g/mol. The zero-order valence-corrected chi connectivity index (χ0v) is 16.9. The van der Waals surface area contributed by atoms with Gasteiger partial charge in [0.1, 0.15) is 24.7 Å². The Balaban J connectivity index is 1.38. The van der Waals surface area contributed by atoms with Crippen LogP contribution in [0.4, 0.5) is 0 Å². The summed E-state index contributed by atoms with van der Waals surface area (Å²) < 4.78 is 22.5. The maximum Gasteiger partial charge on any atom is 0.247 e. The molecule has 3 rings (SSSR count). The molecule has 0 saturated heterocycles. The molecule has 0 saturated carbocycles. The fraction of sp³-hybridized carbons (Fsp3) is 0.364. The monoisotopic (exact) mass is 397 g/mol. The van der Waals surface area contributed by atoms with Crippen LogP contribution in [0.25, 0.3) is 11.5 Å². The summed E-state index contributed by atoms with van der Waals surface area (Å²) >= 11 is 0. The lowest BCUT2D eigenvalue weighted by molar-refractivity contribution is 0.0757. The number of aromatic nitrogens is 2. The lowest BCUT2D eigenvalue weighted by Crippen LogP contribution is -2.15. The molecule has 0 aliphatic rings. The Morgan fingerprint density at radius 3 is 2.31 bits per heavy atom. The predicted octanol–water partition coefficient (Wildman–Crippen LogP) is 3.66. The third-order valence-electron chi connectivity index (χ3n) is 4.05. The number of hydrogen-bond donors (Lipinski definition) is 0. The second kappa shape index (κ2) is 11.2. The first-order chi connectivity index (χ1) is 14.2. The van der Waals surface area contributed by atoms with Gasteiger partial charge in [0.2, 0.25) is 11.8 Å². The minimum atomic E-state index is 0.248. The zero-order chi connectivity index (χ0) is 20.3.